The first-order chi connectivity index (χ1) is 8.45. The Labute approximate surface area is 109 Å². The maximum absolute atomic E-state index is 12.1. The van der Waals surface area contributed by atoms with E-state index in [1.54, 1.807) is 11.9 Å². The summed E-state index contributed by atoms with van der Waals surface area (Å²) in [6.07, 6.45) is 0.773. The number of amides is 1. The fraction of sp³-hybridized carbons (Fsp3) is 0.467. The summed E-state index contributed by atoms with van der Waals surface area (Å²) in [4.78, 5) is 13.8. The van der Waals surface area contributed by atoms with Gasteiger partial charge in [0.15, 0.2) is 0 Å². The van der Waals surface area contributed by atoms with E-state index in [4.69, 9.17) is 5.26 Å². The monoisotopic (exact) mass is 244 g/mol. The molecule has 0 aliphatic heterocycles. The van der Waals surface area contributed by atoms with Crippen LogP contribution in [0, 0.1) is 25.2 Å². The molecule has 1 amide bonds. The largest absolute Gasteiger partial charge is 0.342 e. The van der Waals surface area contributed by atoms with E-state index in [9.17, 15) is 4.79 Å². The van der Waals surface area contributed by atoms with Crippen LogP contribution in [0.4, 0.5) is 0 Å². The fourth-order valence-corrected chi connectivity index (χ4v) is 1.79. The van der Waals surface area contributed by atoms with Gasteiger partial charge in [-0.3, -0.25) is 4.79 Å². The molecule has 3 heteroatoms. The van der Waals surface area contributed by atoms with Crippen LogP contribution in [0.2, 0.25) is 0 Å². The molecular formula is C15H20N2O. The summed E-state index contributed by atoms with van der Waals surface area (Å²) in [5.41, 5.74) is 3.36. The molecule has 1 atom stereocenters. The molecule has 0 heterocycles. The summed E-state index contributed by atoms with van der Waals surface area (Å²) >= 11 is 0. The lowest BCUT2D eigenvalue weighted by Crippen LogP contribution is -2.36. The predicted molar refractivity (Wildman–Crippen MR) is 72.1 cm³/mol. The third kappa shape index (κ3) is 3.59. The first kappa shape index (κ1) is 14.2. The number of benzene rings is 1. The van der Waals surface area contributed by atoms with Gasteiger partial charge in [0.05, 0.1) is 18.9 Å². The van der Waals surface area contributed by atoms with Crippen molar-refractivity contribution in [2.45, 2.75) is 39.7 Å². The van der Waals surface area contributed by atoms with Crippen molar-refractivity contribution < 1.29 is 4.79 Å². The minimum absolute atomic E-state index is 0.0346. The highest BCUT2D eigenvalue weighted by molar-refractivity contribution is 5.79. The van der Waals surface area contributed by atoms with Crippen molar-refractivity contribution in [3.63, 3.8) is 0 Å². The molecule has 1 aromatic rings. The van der Waals surface area contributed by atoms with E-state index in [0.717, 1.165) is 16.7 Å². The number of carbonyl (C=O) groups excluding carboxylic acids is 1. The molecule has 0 spiro atoms. The molecule has 96 valence electrons. The normalized spacial score (nSPS) is 11.7. The lowest BCUT2D eigenvalue weighted by molar-refractivity contribution is -0.130. The Morgan fingerprint density at radius 2 is 2.11 bits per heavy atom. The van der Waals surface area contributed by atoms with Gasteiger partial charge in [0.25, 0.3) is 0 Å². The van der Waals surface area contributed by atoms with Crippen LogP contribution in [-0.2, 0) is 11.2 Å². The van der Waals surface area contributed by atoms with E-state index in [0.29, 0.717) is 12.8 Å². The fourth-order valence-electron chi connectivity index (χ4n) is 1.79. The average molecular weight is 244 g/mol. The number of rotatable bonds is 4. The smallest absolute Gasteiger partial charge is 0.227 e. The SMILES string of the molecule is Cc1ccc(C)c(CC(=O)N(C)C(C)CC#N)c1. The molecule has 0 bridgehead atoms. The zero-order chi connectivity index (χ0) is 13.7. The summed E-state index contributed by atoms with van der Waals surface area (Å²) in [5, 5.41) is 8.65. The molecule has 1 unspecified atom stereocenters. The lowest BCUT2D eigenvalue weighted by Gasteiger charge is -2.23. The van der Waals surface area contributed by atoms with Gasteiger partial charge in [-0.15, -0.1) is 0 Å². The zero-order valence-corrected chi connectivity index (χ0v) is 11.5. The highest BCUT2D eigenvalue weighted by Gasteiger charge is 2.16. The molecule has 0 saturated carbocycles. The Kier molecular flexibility index (Phi) is 4.91. The van der Waals surface area contributed by atoms with Crippen molar-refractivity contribution in [3.05, 3.63) is 34.9 Å². The highest BCUT2D eigenvalue weighted by Crippen LogP contribution is 2.13. The van der Waals surface area contributed by atoms with Crippen LogP contribution in [-0.4, -0.2) is 23.9 Å². The van der Waals surface area contributed by atoms with Crippen molar-refractivity contribution in [1.29, 1.82) is 5.26 Å². The third-order valence-corrected chi connectivity index (χ3v) is 3.29. The number of carbonyl (C=O) groups is 1. The van der Waals surface area contributed by atoms with E-state index < -0.39 is 0 Å². The Balaban J connectivity index is 2.75. The second-order valence-electron chi connectivity index (χ2n) is 4.82. The van der Waals surface area contributed by atoms with Gasteiger partial charge in [0, 0.05) is 13.1 Å². The molecule has 0 saturated heterocycles. The maximum atomic E-state index is 12.1. The summed E-state index contributed by atoms with van der Waals surface area (Å²) < 4.78 is 0. The van der Waals surface area contributed by atoms with Crippen molar-refractivity contribution in [2.75, 3.05) is 7.05 Å². The van der Waals surface area contributed by atoms with Crippen LogP contribution in [0.25, 0.3) is 0 Å². The van der Waals surface area contributed by atoms with Crippen molar-refractivity contribution in [1.82, 2.24) is 4.90 Å². The molecule has 0 aromatic heterocycles. The molecule has 0 N–H and O–H groups in total. The van der Waals surface area contributed by atoms with Gasteiger partial charge in [-0.05, 0) is 31.9 Å². The van der Waals surface area contributed by atoms with Crippen molar-refractivity contribution in [2.24, 2.45) is 0 Å². The standard InChI is InChI=1S/C15H20N2O/c1-11-5-6-12(2)14(9-11)10-15(18)17(4)13(3)7-8-16/h5-6,9,13H,7,10H2,1-4H3. The van der Waals surface area contributed by atoms with Gasteiger partial charge in [0.2, 0.25) is 5.91 Å². The molecule has 0 aliphatic carbocycles. The Morgan fingerprint density at radius 1 is 1.44 bits per heavy atom. The van der Waals surface area contributed by atoms with E-state index in [1.807, 2.05) is 32.9 Å². The Hall–Kier alpha value is -1.82. The van der Waals surface area contributed by atoms with Gasteiger partial charge in [-0.1, -0.05) is 23.8 Å². The highest BCUT2D eigenvalue weighted by atomic mass is 16.2. The number of likely N-dealkylation sites (N-methyl/N-ethyl adjacent to an activating group) is 1. The predicted octanol–water partition coefficient (Wildman–Crippen LogP) is 2.61. The van der Waals surface area contributed by atoms with Crippen molar-refractivity contribution >= 4 is 5.91 Å². The average Bonchev–Trinajstić information content (AvgIpc) is 2.33. The van der Waals surface area contributed by atoms with Crippen LogP contribution in [0.1, 0.15) is 30.0 Å². The summed E-state index contributed by atoms with van der Waals surface area (Å²) in [6, 6.07) is 8.20. The molecule has 3 nitrogen and oxygen atoms in total. The quantitative estimate of drug-likeness (QED) is 0.817. The van der Waals surface area contributed by atoms with Crippen LogP contribution in [0.5, 0.6) is 0 Å². The van der Waals surface area contributed by atoms with Crippen LogP contribution < -0.4 is 0 Å². The number of hydrogen-bond acceptors (Lipinski definition) is 2. The van der Waals surface area contributed by atoms with Crippen LogP contribution in [0.15, 0.2) is 18.2 Å². The second-order valence-corrected chi connectivity index (χ2v) is 4.82. The Morgan fingerprint density at radius 3 is 2.72 bits per heavy atom. The molecule has 18 heavy (non-hydrogen) atoms. The molecule has 1 rings (SSSR count). The minimum Gasteiger partial charge on any atom is -0.342 e. The topological polar surface area (TPSA) is 44.1 Å². The number of aryl methyl sites for hydroxylation is 2. The lowest BCUT2D eigenvalue weighted by atomic mass is 10.0. The van der Waals surface area contributed by atoms with Gasteiger partial charge in [-0.2, -0.15) is 5.26 Å². The molecule has 0 radical (unpaired) electrons. The van der Waals surface area contributed by atoms with Crippen molar-refractivity contribution in [3.8, 4) is 6.07 Å². The maximum Gasteiger partial charge on any atom is 0.227 e. The zero-order valence-electron chi connectivity index (χ0n) is 11.5. The summed E-state index contributed by atoms with van der Waals surface area (Å²) in [5.74, 6) is 0.0615. The molecular weight excluding hydrogens is 224 g/mol. The van der Waals surface area contributed by atoms with E-state index in [1.165, 1.54) is 0 Å². The van der Waals surface area contributed by atoms with Gasteiger partial charge >= 0.3 is 0 Å². The van der Waals surface area contributed by atoms with Gasteiger partial charge < -0.3 is 4.90 Å². The second kappa shape index (κ2) is 6.20. The summed E-state index contributed by atoms with van der Waals surface area (Å²) in [6.45, 7) is 5.93. The molecule has 0 fully saturated rings. The van der Waals surface area contributed by atoms with Gasteiger partial charge in [-0.25, -0.2) is 0 Å². The Bertz CT molecular complexity index is 474. The van der Waals surface area contributed by atoms with E-state index >= 15 is 0 Å². The first-order valence-corrected chi connectivity index (χ1v) is 6.14. The number of hydrogen-bond donors (Lipinski definition) is 0. The number of nitriles is 1. The molecule has 0 aliphatic rings. The summed E-state index contributed by atoms with van der Waals surface area (Å²) in [7, 11) is 1.76. The van der Waals surface area contributed by atoms with Gasteiger partial charge in [0.1, 0.15) is 0 Å². The van der Waals surface area contributed by atoms with E-state index in [-0.39, 0.29) is 11.9 Å². The third-order valence-electron chi connectivity index (χ3n) is 3.29. The molecule has 1 aromatic carbocycles. The number of nitrogens with zero attached hydrogens (tertiary/aromatic N) is 2. The minimum atomic E-state index is -0.0346. The van der Waals surface area contributed by atoms with Crippen LogP contribution in [0.3, 0.4) is 0 Å². The van der Waals surface area contributed by atoms with E-state index in [2.05, 4.69) is 12.1 Å². The first-order valence-electron chi connectivity index (χ1n) is 6.14. The van der Waals surface area contributed by atoms with Crippen LogP contribution >= 0.6 is 0 Å².